The second kappa shape index (κ2) is 34.9. The first-order valence-corrected chi connectivity index (χ1v) is 28.7. The predicted molar refractivity (Wildman–Crippen MR) is 315 cm³/mol. The molecule has 79 heavy (non-hydrogen) atoms. The minimum absolute atomic E-state index is 0.0598. The second-order valence-electron chi connectivity index (χ2n) is 17.2. The van der Waals surface area contributed by atoms with Gasteiger partial charge in [0.1, 0.15) is 0 Å². The number of nitrogens with one attached hydrogen (secondary N) is 8. The van der Waals surface area contributed by atoms with Gasteiger partial charge in [0, 0.05) is 64.0 Å². The Kier molecular flexibility index (Phi) is 28.2. The van der Waals surface area contributed by atoms with Gasteiger partial charge in [0.25, 0.3) is 0 Å². The molecule has 3 unspecified atom stereocenters. The van der Waals surface area contributed by atoms with Crippen LogP contribution in [0.3, 0.4) is 0 Å². The van der Waals surface area contributed by atoms with Gasteiger partial charge in [-0.3, -0.25) is 12.6 Å². The van der Waals surface area contributed by atoms with Crippen molar-refractivity contribution in [3.05, 3.63) is 144 Å². The zero-order chi connectivity index (χ0) is 57.5. The van der Waals surface area contributed by atoms with Crippen LogP contribution < -0.4 is 46.5 Å². The van der Waals surface area contributed by atoms with Crippen molar-refractivity contribution in [3.8, 4) is 0 Å². The Bertz CT molecular complexity index is 2810. The summed E-state index contributed by atoms with van der Waals surface area (Å²) in [6.45, 7) is 10.2. The number of carbonyl (C=O) groups is 3. The molecular formula is C55H68N9O12S3-3. The van der Waals surface area contributed by atoms with Crippen molar-refractivity contribution in [1.82, 2.24) is 0 Å². The van der Waals surface area contributed by atoms with E-state index in [0.29, 0.717) is 54.7 Å². The van der Waals surface area contributed by atoms with Crippen LogP contribution >= 0.6 is 0 Å². The number of rotatable bonds is 29. The van der Waals surface area contributed by atoms with E-state index in [-0.39, 0.29) is 45.1 Å². The first kappa shape index (κ1) is 63.8. The number of ether oxygens (including phenoxy) is 2. The minimum atomic E-state index is -2.60. The Balaban J connectivity index is 0.000000259. The molecule has 0 aromatic heterocycles. The first-order chi connectivity index (χ1) is 38.1. The molecule has 24 heteroatoms. The molecule has 6 rings (SSSR count). The highest BCUT2D eigenvalue weighted by Crippen LogP contribution is 2.38. The number of carboxylic acids is 1. The Hall–Kier alpha value is -7.74. The molecule has 11 N–H and O–H groups in total. The lowest BCUT2D eigenvalue weighted by molar-refractivity contribution is 0.0490. The molecule has 21 nitrogen and oxygen atoms in total. The lowest BCUT2D eigenvalue weighted by Gasteiger charge is -2.21. The Labute approximate surface area is 468 Å². The van der Waals surface area contributed by atoms with Crippen molar-refractivity contribution >= 4 is 120 Å². The number of hydrogen-bond acceptors (Lipinski definition) is 17. The Morgan fingerprint density at radius 3 is 1.11 bits per heavy atom. The van der Waals surface area contributed by atoms with Crippen molar-refractivity contribution in [1.29, 1.82) is 0 Å². The standard InChI is InChI=1S/2C21H29N3O4S.C13H13N3O4S/c2*1-3-5-12-22-18-14-16(21(25)28-13-6-4-2)15-19(24-29(26)27)20(18)23-17-10-8-7-9-11-17;14-10-6-8(13(17)18)7-11(16-21(19)20)12(10)15-9-4-2-1-3-5-9/h2*7-11,14-15,22-24H,3-6,12-13H2,1-2H3,(H,26,27);1-7,15-16H,14H2,(H,17,18)(H,19,20)/p-3. The Morgan fingerprint density at radius 1 is 0.468 bits per heavy atom. The number of aromatic carboxylic acids is 1. The Morgan fingerprint density at radius 2 is 0.785 bits per heavy atom. The number of nitrogens with two attached hydrogens (primary N) is 1. The monoisotopic (exact) mass is 1140 g/mol. The van der Waals surface area contributed by atoms with E-state index in [4.69, 9.17) is 20.3 Å². The van der Waals surface area contributed by atoms with Crippen LogP contribution in [0.25, 0.3) is 0 Å². The maximum atomic E-state index is 12.5. The van der Waals surface area contributed by atoms with Crippen molar-refractivity contribution < 1.29 is 55.2 Å². The number of hydrogen-bond donors (Lipinski definition) is 10. The van der Waals surface area contributed by atoms with E-state index in [1.54, 1.807) is 36.4 Å². The summed E-state index contributed by atoms with van der Waals surface area (Å²) < 4.78 is 84.6. The van der Waals surface area contributed by atoms with Crippen LogP contribution in [0.2, 0.25) is 0 Å². The topological polar surface area (TPSA) is 333 Å². The van der Waals surface area contributed by atoms with Crippen molar-refractivity contribution in [3.63, 3.8) is 0 Å². The molecule has 0 saturated carbocycles. The molecule has 6 aromatic rings. The molecule has 0 fully saturated rings. The lowest BCUT2D eigenvalue weighted by Crippen LogP contribution is -2.13. The van der Waals surface area contributed by atoms with Crippen molar-refractivity contribution in [2.75, 3.05) is 72.8 Å². The number of unbranched alkanes of at least 4 members (excludes halogenated alkanes) is 4. The van der Waals surface area contributed by atoms with Crippen LogP contribution in [0.5, 0.6) is 0 Å². The van der Waals surface area contributed by atoms with E-state index in [9.17, 15) is 40.7 Å². The summed E-state index contributed by atoms with van der Waals surface area (Å²) in [6.07, 6.45) is 7.26. The van der Waals surface area contributed by atoms with Gasteiger partial charge in [0.05, 0.1) is 81.1 Å². The summed E-state index contributed by atoms with van der Waals surface area (Å²) in [5.74, 6) is -2.17. The smallest absolute Gasteiger partial charge is 0.338 e. The van der Waals surface area contributed by atoms with E-state index in [2.05, 4.69) is 54.6 Å². The van der Waals surface area contributed by atoms with E-state index < -0.39 is 51.7 Å². The van der Waals surface area contributed by atoms with E-state index >= 15 is 0 Å². The summed E-state index contributed by atoms with van der Waals surface area (Å²) in [4.78, 5) is 35.9. The third kappa shape index (κ3) is 22.6. The third-order valence-electron chi connectivity index (χ3n) is 11.0. The quantitative estimate of drug-likeness (QED) is 0.00903. The summed E-state index contributed by atoms with van der Waals surface area (Å²) in [7, 11) is 0. The fourth-order valence-electron chi connectivity index (χ4n) is 7.09. The van der Waals surface area contributed by atoms with Gasteiger partial charge >= 0.3 is 17.9 Å². The zero-order valence-corrected chi connectivity index (χ0v) is 46.8. The molecule has 0 saturated heterocycles. The summed E-state index contributed by atoms with van der Waals surface area (Å²) in [6, 6.07) is 36.6. The molecule has 0 aliphatic carbocycles. The number of anilines is 12. The number of carbonyl (C=O) groups excluding carboxylic acids is 2. The van der Waals surface area contributed by atoms with Gasteiger partial charge in [0.2, 0.25) is 0 Å². The van der Waals surface area contributed by atoms with Gasteiger partial charge in [-0.25, -0.2) is 14.4 Å². The maximum absolute atomic E-state index is 12.5. The largest absolute Gasteiger partial charge is 0.755 e. The molecule has 0 heterocycles. The second-order valence-corrected chi connectivity index (χ2v) is 19.2. The molecule has 0 amide bonds. The number of para-hydroxylation sites is 3. The van der Waals surface area contributed by atoms with Crippen LogP contribution in [-0.2, 0) is 43.3 Å². The molecular weight excluding hydrogens is 1070 g/mol. The van der Waals surface area contributed by atoms with Crippen LogP contribution in [0.4, 0.5) is 68.2 Å². The zero-order valence-electron chi connectivity index (χ0n) is 44.3. The van der Waals surface area contributed by atoms with Gasteiger partial charge in [-0.15, -0.1) is 0 Å². The molecule has 0 spiro atoms. The van der Waals surface area contributed by atoms with E-state index in [1.165, 1.54) is 24.3 Å². The maximum Gasteiger partial charge on any atom is 0.338 e. The van der Waals surface area contributed by atoms with Crippen LogP contribution in [-0.4, -0.2) is 75.6 Å². The summed E-state index contributed by atoms with van der Waals surface area (Å²) >= 11 is -7.70. The first-order valence-electron chi connectivity index (χ1n) is 25.5. The molecule has 3 atom stereocenters. The van der Waals surface area contributed by atoms with Crippen molar-refractivity contribution in [2.24, 2.45) is 0 Å². The van der Waals surface area contributed by atoms with Gasteiger partial charge in [-0.1, -0.05) is 108 Å². The highest BCUT2D eigenvalue weighted by molar-refractivity contribution is 7.81. The van der Waals surface area contributed by atoms with Crippen LogP contribution in [0.1, 0.15) is 110 Å². The number of carboxylic acid groups (broad SMARTS) is 1. The molecule has 426 valence electrons. The number of nitrogen functional groups attached to an aromatic ring is 1. The molecule has 6 aromatic carbocycles. The summed E-state index contributed by atoms with van der Waals surface area (Å²) in [5, 5.41) is 25.0. The van der Waals surface area contributed by atoms with Gasteiger partial charge in [-0.05, 0) is 98.5 Å². The number of esters is 2. The van der Waals surface area contributed by atoms with Gasteiger partial charge in [-0.2, -0.15) is 0 Å². The van der Waals surface area contributed by atoms with E-state index in [0.717, 1.165) is 62.7 Å². The molecule has 0 bridgehead atoms. The fraction of sp³-hybridized carbons (Fsp3) is 0.291. The van der Waals surface area contributed by atoms with Gasteiger partial charge < -0.3 is 74.7 Å². The third-order valence-corrected chi connectivity index (χ3v) is 12.2. The molecule has 0 radical (unpaired) electrons. The number of benzene rings is 6. The molecule has 0 aliphatic rings. The SMILES string of the molecule is CCCCNc1cc(C(=O)OCCCC)cc(NS(=O)[O-])c1Nc1ccccc1.CCCCNc1cc(C(=O)OCCCC)cc(NS(=O)[O-])c1Nc1ccccc1.Nc1cc(C(=O)O)cc(NS(=O)[O-])c1Nc1ccccc1. The highest BCUT2D eigenvalue weighted by atomic mass is 32.2. The fourth-order valence-corrected chi connectivity index (χ4v) is 8.11. The highest BCUT2D eigenvalue weighted by Gasteiger charge is 2.19. The van der Waals surface area contributed by atoms with Crippen LogP contribution in [0, 0.1) is 0 Å². The summed E-state index contributed by atoms with van der Waals surface area (Å²) in [5.41, 5.74) is 11.9. The normalized spacial score (nSPS) is 11.6. The van der Waals surface area contributed by atoms with Gasteiger partial charge in [0.15, 0.2) is 0 Å². The average Bonchev–Trinajstić information content (AvgIpc) is 3.48. The minimum Gasteiger partial charge on any atom is -0.755 e. The molecule has 0 aliphatic heterocycles. The average molecular weight is 1140 g/mol. The lowest BCUT2D eigenvalue weighted by atomic mass is 10.1. The van der Waals surface area contributed by atoms with Crippen LogP contribution in [0.15, 0.2) is 127 Å². The predicted octanol–water partition coefficient (Wildman–Crippen LogP) is 11.5. The van der Waals surface area contributed by atoms with E-state index in [1.807, 2.05) is 80.6 Å². The van der Waals surface area contributed by atoms with Crippen molar-refractivity contribution in [2.45, 2.75) is 79.1 Å².